The van der Waals surface area contributed by atoms with Crippen LogP contribution < -0.4 is 0 Å². The number of carbonyl (C=O) groups excluding carboxylic acids is 2. The molecule has 1 atom stereocenters. The molecule has 1 aliphatic heterocycles. The number of carbonyl (C=O) groups is 2. The molecule has 1 heterocycles. The third kappa shape index (κ3) is 3.19. The van der Waals surface area contributed by atoms with Crippen molar-refractivity contribution in [1.29, 1.82) is 5.26 Å². The second kappa shape index (κ2) is 5.83. The number of nitrogens with zero attached hydrogens (tertiary/aromatic N) is 1. The van der Waals surface area contributed by atoms with Gasteiger partial charge in [-0.05, 0) is 11.6 Å². The van der Waals surface area contributed by atoms with Gasteiger partial charge in [-0.2, -0.15) is 5.26 Å². The van der Waals surface area contributed by atoms with E-state index in [1.54, 1.807) is 30.3 Å². The van der Waals surface area contributed by atoms with Crippen LogP contribution >= 0.6 is 0 Å². The smallest absolute Gasteiger partial charge is 0.349 e. The van der Waals surface area contributed by atoms with E-state index in [1.807, 2.05) is 6.07 Å². The number of benzene rings is 1. The fourth-order valence-electron chi connectivity index (χ4n) is 1.63. The summed E-state index contributed by atoms with van der Waals surface area (Å²) in [4.78, 5) is 22.9. The molecule has 5 heteroatoms. The fraction of sp³-hybridized carbons (Fsp3) is 0.214. The first-order valence-corrected chi connectivity index (χ1v) is 5.75. The van der Waals surface area contributed by atoms with Crippen molar-refractivity contribution in [3.05, 3.63) is 41.5 Å². The lowest BCUT2D eigenvalue weighted by Gasteiger charge is -2.07. The maximum atomic E-state index is 11.8. The highest BCUT2D eigenvalue weighted by Gasteiger charge is 2.31. The first kappa shape index (κ1) is 12.8. The molecule has 1 aliphatic rings. The quantitative estimate of drug-likeness (QED) is 0.465. The van der Waals surface area contributed by atoms with Crippen molar-refractivity contribution in [2.75, 3.05) is 6.61 Å². The zero-order valence-corrected chi connectivity index (χ0v) is 10.0. The lowest BCUT2D eigenvalue weighted by atomic mass is 10.1. The van der Waals surface area contributed by atoms with Crippen molar-refractivity contribution < 1.29 is 19.1 Å². The van der Waals surface area contributed by atoms with Gasteiger partial charge in [0.1, 0.15) is 11.6 Å². The molecular formula is C14H11NO4. The van der Waals surface area contributed by atoms with Crippen LogP contribution in [-0.4, -0.2) is 24.6 Å². The zero-order valence-electron chi connectivity index (χ0n) is 10.0. The van der Waals surface area contributed by atoms with Gasteiger partial charge in [0.25, 0.3) is 0 Å². The third-order valence-electron chi connectivity index (χ3n) is 2.59. The van der Waals surface area contributed by atoms with Crippen molar-refractivity contribution in [3.8, 4) is 6.07 Å². The standard InChI is InChI=1S/C14H11NO4/c15-9-11(8-10-4-2-1-3-5-10)13(16)19-12-6-7-18-14(12)17/h1-5,8,12H,6-7H2/b11-8-/t12-/m1/s1. The van der Waals surface area contributed by atoms with Gasteiger partial charge in [-0.3, -0.25) is 0 Å². The van der Waals surface area contributed by atoms with E-state index in [1.165, 1.54) is 6.08 Å². The number of nitriles is 1. The van der Waals surface area contributed by atoms with Crippen LogP contribution in [0.3, 0.4) is 0 Å². The summed E-state index contributed by atoms with van der Waals surface area (Å²) in [5.41, 5.74) is 0.566. The molecule has 5 nitrogen and oxygen atoms in total. The van der Waals surface area contributed by atoms with E-state index in [-0.39, 0.29) is 12.2 Å². The normalized spacial score (nSPS) is 18.6. The topological polar surface area (TPSA) is 76.4 Å². The molecule has 1 aromatic carbocycles. The number of hydrogen-bond donors (Lipinski definition) is 0. The predicted octanol–water partition coefficient (Wildman–Crippen LogP) is 1.45. The lowest BCUT2D eigenvalue weighted by Crippen LogP contribution is -2.23. The molecule has 0 radical (unpaired) electrons. The third-order valence-corrected chi connectivity index (χ3v) is 2.59. The molecule has 0 unspecified atom stereocenters. The number of hydrogen-bond acceptors (Lipinski definition) is 5. The number of esters is 2. The van der Waals surface area contributed by atoms with Crippen LogP contribution in [0.2, 0.25) is 0 Å². The summed E-state index contributed by atoms with van der Waals surface area (Å²) >= 11 is 0. The minimum atomic E-state index is -0.903. The molecule has 0 bridgehead atoms. The Bertz CT molecular complexity index is 557. The van der Waals surface area contributed by atoms with Gasteiger partial charge in [0.05, 0.1) is 6.61 Å². The second-order valence-electron chi connectivity index (χ2n) is 3.93. The number of cyclic esters (lactones) is 1. The largest absolute Gasteiger partial charge is 0.463 e. The molecule has 96 valence electrons. The number of rotatable bonds is 3. The van der Waals surface area contributed by atoms with Gasteiger partial charge in [0, 0.05) is 6.42 Å². The van der Waals surface area contributed by atoms with Gasteiger partial charge in [0.2, 0.25) is 6.10 Å². The van der Waals surface area contributed by atoms with E-state index < -0.39 is 18.0 Å². The summed E-state index contributed by atoms with van der Waals surface area (Å²) in [5, 5.41) is 8.96. The van der Waals surface area contributed by atoms with Crippen LogP contribution in [0.15, 0.2) is 35.9 Å². The Morgan fingerprint density at radius 3 is 2.74 bits per heavy atom. The molecule has 0 amide bonds. The highest BCUT2D eigenvalue weighted by Crippen LogP contribution is 2.14. The molecule has 0 spiro atoms. The van der Waals surface area contributed by atoms with E-state index in [2.05, 4.69) is 4.74 Å². The minimum Gasteiger partial charge on any atom is -0.463 e. The summed E-state index contributed by atoms with van der Waals surface area (Å²) < 4.78 is 9.62. The van der Waals surface area contributed by atoms with E-state index in [0.29, 0.717) is 12.0 Å². The van der Waals surface area contributed by atoms with Crippen molar-refractivity contribution in [1.82, 2.24) is 0 Å². The van der Waals surface area contributed by atoms with Gasteiger partial charge in [-0.15, -0.1) is 0 Å². The van der Waals surface area contributed by atoms with Gasteiger partial charge in [-0.1, -0.05) is 30.3 Å². The van der Waals surface area contributed by atoms with Gasteiger partial charge in [-0.25, -0.2) is 9.59 Å². The Kier molecular flexibility index (Phi) is 3.94. The maximum Gasteiger partial charge on any atom is 0.349 e. The Morgan fingerprint density at radius 1 is 1.42 bits per heavy atom. The van der Waals surface area contributed by atoms with Crippen LogP contribution in [0.5, 0.6) is 0 Å². The summed E-state index contributed by atoms with van der Waals surface area (Å²) in [6.07, 6.45) is 0.845. The average Bonchev–Trinajstić information content (AvgIpc) is 2.82. The molecule has 1 aromatic rings. The summed E-state index contributed by atoms with van der Waals surface area (Å²) in [5.74, 6) is -1.37. The van der Waals surface area contributed by atoms with Crippen LogP contribution in [0.25, 0.3) is 6.08 Å². The van der Waals surface area contributed by atoms with Gasteiger partial charge in [0.15, 0.2) is 0 Å². The Hall–Kier alpha value is -2.61. The molecule has 0 N–H and O–H groups in total. The predicted molar refractivity (Wildman–Crippen MR) is 65.5 cm³/mol. The van der Waals surface area contributed by atoms with E-state index in [4.69, 9.17) is 10.00 Å². The molecule has 19 heavy (non-hydrogen) atoms. The Labute approximate surface area is 110 Å². The highest BCUT2D eigenvalue weighted by atomic mass is 16.6. The average molecular weight is 257 g/mol. The van der Waals surface area contributed by atoms with E-state index in [0.717, 1.165) is 0 Å². The van der Waals surface area contributed by atoms with Crippen LogP contribution in [-0.2, 0) is 19.1 Å². The van der Waals surface area contributed by atoms with Crippen LogP contribution in [0.1, 0.15) is 12.0 Å². The monoisotopic (exact) mass is 257 g/mol. The van der Waals surface area contributed by atoms with E-state index >= 15 is 0 Å². The van der Waals surface area contributed by atoms with Gasteiger partial charge >= 0.3 is 11.9 Å². The maximum absolute atomic E-state index is 11.8. The molecule has 2 rings (SSSR count). The Morgan fingerprint density at radius 2 is 2.16 bits per heavy atom. The minimum absolute atomic E-state index is 0.147. The van der Waals surface area contributed by atoms with Gasteiger partial charge < -0.3 is 9.47 Å². The second-order valence-corrected chi connectivity index (χ2v) is 3.93. The fourth-order valence-corrected chi connectivity index (χ4v) is 1.63. The summed E-state index contributed by atoms with van der Waals surface area (Å²) in [6, 6.07) is 10.7. The molecule has 0 saturated carbocycles. The molecule has 0 aliphatic carbocycles. The summed E-state index contributed by atoms with van der Waals surface area (Å²) in [7, 11) is 0. The van der Waals surface area contributed by atoms with Crippen LogP contribution in [0.4, 0.5) is 0 Å². The first-order valence-electron chi connectivity index (χ1n) is 5.75. The molecule has 0 aromatic heterocycles. The van der Waals surface area contributed by atoms with Crippen molar-refractivity contribution in [3.63, 3.8) is 0 Å². The van der Waals surface area contributed by atoms with Crippen molar-refractivity contribution in [2.24, 2.45) is 0 Å². The Balaban J connectivity index is 2.10. The SMILES string of the molecule is N#C/C(=C/c1ccccc1)C(=O)O[C@@H]1CCOC1=O. The van der Waals surface area contributed by atoms with Crippen molar-refractivity contribution >= 4 is 18.0 Å². The lowest BCUT2D eigenvalue weighted by molar-refractivity contribution is -0.157. The van der Waals surface area contributed by atoms with E-state index in [9.17, 15) is 9.59 Å². The van der Waals surface area contributed by atoms with Crippen molar-refractivity contribution in [2.45, 2.75) is 12.5 Å². The molecule has 1 saturated heterocycles. The highest BCUT2D eigenvalue weighted by molar-refractivity contribution is 5.99. The van der Waals surface area contributed by atoms with Crippen LogP contribution in [0, 0.1) is 11.3 Å². The summed E-state index contributed by atoms with van der Waals surface area (Å²) in [6.45, 7) is 0.237. The first-order chi connectivity index (χ1) is 9.20. The zero-order chi connectivity index (χ0) is 13.7. The molecule has 1 fully saturated rings. The molecular weight excluding hydrogens is 246 g/mol. The number of ether oxygens (including phenoxy) is 2.